The topological polar surface area (TPSA) is 73.1 Å². The Morgan fingerprint density at radius 2 is 1.95 bits per heavy atom. The van der Waals surface area contributed by atoms with Gasteiger partial charge < -0.3 is 15.8 Å². The summed E-state index contributed by atoms with van der Waals surface area (Å²) in [7, 11) is 0. The first-order chi connectivity index (χ1) is 9.17. The molecule has 0 aliphatic carbocycles. The van der Waals surface area contributed by atoms with Gasteiger partial charge in [-0.05, 0) is 31.5 Å². The highest BCUT2D eigenvalue weighted by Gasteiger charge is 2.02. The van der Waals surface area contributed by atoms with Crippen LogP contribution in [0.25, 0.3) is 0 Å². The molecule has 0 bridgehead atoms. The number of nitrogens with one attached hydrogen (secondary N) is 1. The number of anilines is 2. The zero-order valence-corrected chi connectivity index (χ0v) is 11.1. The maximum absolute atomic E-state index is 5.56. The molecule has 100 valence electrons. The third kappa shape index (κ3) is 3.93. The largest absolute Gasteiger partial charge is 0.475 e. The zero-order valence-electron chi connectivity index (χ0n) is 11.1. The lowest BCUT2D eigenvalue weighted by atomic mass is 10.2. The molecule has 0 atom stereocenters. The summed E-state index contributed by atoms with van der Waals surface area (Å²) in [5.74, 6) is 1.07. The number of ether oxygens (including phenoxy) is 1. The minimum Gasteiger partial charge on any atom is -0.475 e. The number of nitrogens with two attached hydrogens (primary N) is 1. The van der Waals surface area contributed by atoms with E-state index in [1.54, 1.807) is 12.3 Å². The van der Waals surface area contributed by atoms with Gasteiger partial charge in [0.1, 0.15) is 0 Å². The molecule has 0 saturated carbocycles. The number of hydrogen-bond donors (Lipinski definition) is 2. The monoisotopic (exact) mass is 258 g/mol. The fourth-order valence-corrected chi connectivity index (χ4v) is 1.56. The first kappa shape index (κ1) is 13.3. The Labute approximate surface area is 112 Å². The van der Waals surface area contributed by atoms with Crippen molar-refractivity contribution in [3.63, 3.8) is 0 Å². The first-order valence-corrected chi connectivity index (χ1v) is 6.23. The summed E-state index contributed by atoms with van der Waals surface area (Å²) < 4.78 is 5.52. The summed E-state index contributed by atoms with van der Waals surface area (Å²) in [6.45, 7) is 4.45. The van der Waals surface area contributed by atoms with Crippen molar-refractivity contribution >= 4 is 11.6 Å². The van der Waals surface area contributed by atoms with Crippen molar-refractivity contribution in [2.24, 2.45) is 5.73 Å². The van der Waals surface area contributed by atoms with Crippen molar-refractivity contribution in [1.29, 1.82) is 0 Å². The molecular formula is C14H18N4O. The molecule has 1 heterocycles. The second kappa shape index (κ2) is 6.15. The lowest BCUT2D eigenvalue weighted by Gasteiger charge is -2.10. The lowest BCUT2D eigenvalue weighted by molar-refractivity contribution is 0.232. The van der Waals surface area contributed by atoms with Crippen molar-refractivity contribution in [2.45, 2.75) is 26.5 Å². The summed E-state index contributed by atoms with van der Waals surface area (Å²) in [6, 6.07) is 9.57. The molecule has 2 aromatic rings. The molecule has 5 nitrogen and oxygen atoms in total. The van der Waals surface area contributed by atoms with Crippen LogP contribution in [-0.4, -0.2) is 16.1 Å². The van der Waals surface area contributed by atoms with E-state index in [0.717, 1.165) is 11.3 Å². The molecule has 0 saturated heterocycles. The van der Waals surface area contributed by atoms with E-state index in [1.165, 1.54) is 0 Å². The average molecular weight is 258 g/mol. The van der Waals surface area contributed by atoms with Crippen LogP contribution >= 0.6 is 0 Å². The molecule has 0 amide bonds. The van der Waals surface area contributed by atoms with E-state index in [9.17, 15) is 0 Å². The molecule has 1 aromatic heterocycles. The van der Waals surface area contributed by atoms with Gasteiger partial charge in [0.2, 0.25) is 11.8 Å². The minimum atomic E-state index is 0.0894. The summed E-state index contributed by atoms with van der Waals surface area (Å²) in [5, 5.41) is 3.13. The Kier molecular flexibility index (Phi) is 4.30. The van der Waals surface area contributed by atoms with Gasteiger partial charge >= 0.3 is 0 Å². The highest BCUT2D eigenvalue weighted by Crippen LogP contribution is 2.16. The fraction of sp³-hybridized carbons (Fsp3) is 0.286. The van der Waals surface area contributed by atoms with Gasteiger partial charge in [-0.2, -0.15) is 4.98 Å². The van der Waals surface area contributed by atoms with E-state index >= 15 is 0 Å². The molecule has 0 fully saturated rings. The van der Waals surface area contributed by atoms with Crippen LogP contribution in [0.15, 0.2) is 36.5 Å². The second-order valence-corrected chi connectivity index (χ2v) is 4.41. The van der Waals surface area contributed by atoms with E-state index in [4.69, 9.17) is 10.5 Å². The van der Waals surface area contributed by atoms with Crippen LogP contribution in [0, 0.1) is 0 Å². The Morgan fingerprint density at radius 1 is 1.21 bits per heavy atom. The van der Waals surface area contributed by atoms with Gasteiger partial charge in [0.25, 0.3) is 0 Å². The van der Waals surface area contributed by atoms with Gasteiger partial charge in [-0.1, -0.05) is 12.1 Å². The molecule has 2 rings (SSSR count). The Bertz CT molecular complexity index is 525. The van der Waals surface area contributed by atoms with Crippen LogP contribution in [0.3, 0.4) is 0 Å². The summed E-state index contributed by atoms with van der Waals surface area (Å²) in [6.07, 6.45) is 1.76. The normalized spacial score (nSPS) is 10.5. The minimum absolute atomic E-state index is 0.0894. The van der Waals surface area contributed by atoms with Gasteiger partial charge in [0.15, 0.2) is 0 Å². The molecular weight excluding hydrogens is 240 g/mol. The van der Waals surface area contributed by atoms with Crippen molar-refractivity contribution < 1.29 is 4.74 Å². The molecule has 0 unspecified atom stereocenters. The van der Waals surface area contributed by atoms with E-state index in [1.807, 2.05) is 38.1 Å². The van der Waals surface area contributed by atoms with Crippen LogP contribution in [0.4, 0.5) is 11.6 Å². The number of benzene rings is 1. The molecule has 5 heteroatoms. The number of aromatic nitrogens is 2. The lowest BCUT2D eigenvalue weighted by Crippen LogP contribution is -2.08. The van der Waals surface area contributed by atoms with Gasteiger partial charge in [-0.3, -0.25) is 0 Å². The van der Waals surface area contributed by atoms with E-state index in [-0.39, 0.29) is 6.10 Å². The molecule has 0 aliphatic heterocycles. The Morgan fingerprint density at radius 3 is 2.58 bits per heavy atom. The molecule has 1 aromatic carbocycles. The highest BCUT2D eigenvalue weighted by molar-refractivity contribution is 5.53. The van der Waals surface area contributed by atoms with Gasteiger partial charge in [-0.25, -0.2) is 4.98 Å². The van der Waals surface area contributed by atoms with Gasteiger partial charge in [0, 0.05) is 24.5 Å². The van der Waals surface area contributed by atoms with Gasteiger partial charge in [0.05, 0.1) is 6.10 Å². The van der Waals surface area contributed by atoms with Crippen LogP contribution in [0.5, 0.6) is 5.88 Å². The third-order valence-corrected chi connectivity index (χ3v) is 2.43. The predicted octanol–water partition coefficient (Wildman–Crippen LogP) is 2.47. The molecule has 0 aliphatic rings. The van der Waals surface area contributed by atoms with E-state index < -0.39 is 0 Å². The maximum Gasteiger partial charge on any atom is 0.230 e. The van der Waals surface area contributed by atoms with Crippen LogP contribution in [0.1, 0.15) is 19.4 Å². The molecule has 19 heavy (non-hydrogen) atoms. The first-order valence-electron chi connectivity index (χ1n) is 6.23. The number of hydrogen-bond acceptors (Lipinski definition) is 5. The smallest absolute Gasteiger partial charge is 0.230 e. The Balaban J connectivity index is 2.09. The summed E-state index contributed by atoms with van der Waals surface area (Å²) in [5.41, 5.74) is 7.56. The maximum atomic E-state index is 5.56. The van der Waals surface area contributed by atoms with E-state index in [0.29, 0.717) is 18.4 Å². The average Bonchev–Trinajstić information content (AvgIpc) is 2.39. The van der Waals surface area contributed by atoms with Crippen LogP contribution < -0.4 is 15.8 Å². The fourth-order valence-electron chi connectivity index (χ4n) is 1.56. The zero-order chi connectivity index (χ0) is 13.7. The third-order valence-electron chi connectivity index (χ3n) is 2.43. The SMILES string of the molecule is CC(C)Oc1ccnc(Nc2ccc(CN)cc2)n1. The summed E-state index contributed by atoms with van der Waals surface area (Å²) in [4.78, 5) is 8.44. The standard InChI is InChI=1S/C14H18N4O/c1-10(2)19-13-7-8-16-14(18-13)17-12-5-3-11(9-15)4-6-12/h3-8,10H,9,15H2,1-2H3,(H,16,17,18). The number of nitrogens with zero attached hydrogens (tertiary/aromatic N) is 2. The number of rotatable bonds is 5. The van der Waals surface area contributed by atoms with Gasteiger partial charge in [-0.15, -0.1) is 0 Å². The predicted molar refractivity (Wildman–Crippen MR) is 75.4 cm³/mol. The summed E-state index contributed by atoms with van der Waals surface area (Å²) >= 11 is 0. The highest BCUT2D eigenvalue weighted by atomic mass is 16.5. The second-order valence-electron chi connectivity index (χ2n) is 4.41. The Hall–Kier alpha value is -2.14. The van der Waals surface area contributed by atoms with Crippen molar-refractivity contribution in [1.82, 2.24) is 9.97 Å². The van der Waals surface area contributed by atoms with Crippen molar-refractivity contribution in [3.8, 4) is 5.88 Å². The molecule has 0 radical (unpaired) electrons. The van der Waals surface area contributed by atoms with Crippen LogP contribution in [-0.2, 0) is 6.54 Å². The van der Waals surface area contributed by atoms with Crippen molar-refractivity contribution in [2.75, 3.05) is 5.32 Å². The van der Waals surface area contributed by atoms with Crippen LogP contribution in [0.2, 0.25) is 0 Å². The quantitative estimate of drug-likeness (QED) is 0.861. The molecule has 0 spiro atoms. The van der Waals surface area contributed by atoms with E-state index in [2.05, 4.69) is 15.3 Å². The van der Waals surface area contributed by atoms with Crippen molar-refractivity contribution in [3.05, 3.63) is 42.1 Å². The molecule has 3 N–H and O–H groups in total.